The van der Waals surface area contributed by atoms with E-state index in [1.807, 2.05) is 6.07 Å². The maximum atomic E-state index is 5.46. The minimum atomic E-state index is 0.606. The zero-order valence-corrected chi connectivity index (χ0v) is 11.4. The first kappa shape index (κ1) is 12.0. The summed E-state index contributed by atoms with van der Waals surface area (Å²) in [4.78, 5) is 0. The van der Waals surface area contributed by atoms with Crippen LogP contribution in [0.2, 0.25) is 0 Å². The summed E-state index contributed by atoms with van der Waals surface area (Å²) in [6.45, 7) is 0. The quantitative estimate of drug-likeness (QED) is 0.861. The van der Waals surface area contributed by atoms with E-state index < -0.39 is 0 Å². The van der Waals surface area contributed by atoms with Crippen molar-refractivity contribution in [2.45, 2.75) is 31.7 Å². The van der Waals surface area contributed by atoms with Gasteiger partial charge in [-0.25, -0.2) is 0 Å². The number of benzene rings is 1. The summed E-state index contributed by atoms with van der Waals surface area (Å²) in [5.74, 6) is 4.01. The van der Waals surface area contributed by atoms with E-state index in [0.717, 1.165) is 29.9 Å². The number of hydrogen-bond acceptors (Lipinski definition) is 2. The van der Waals surface area contributed by atoms with Crippen molar-refractivity contribution in [2.75, 3.05) is 14.2 Å². The van der Waals surface area contributed by atoms with Crippen LogP contribution < -0.4 is 10.1 Å². The van der Waals surface area contributed by atoms with Crippen LogP contribution in [0.25, 0.3) is 0 Å². The zero-order chi connectivity index (χ0) is 12.5. The molecule has 1 N–H and O–H groups in total. The molecule has 1 aromatic carbocycles. The fraction of sp³-hybridized carbons (Fsp3) is 0.625. The smallest absolute Gasteiger partial charge is 0.122 e. The van der Waals surface area contributed by atoms with Crippen molar-refractivity contribution in [1.29, 1.82) is 0 Å². The van der Waals surface area contributed by atoms with Crippen molar-refractivity contribution in [3.8, 4) is 5.75 Å². The molecular formula is C16H23NO. The number of hydrogen-bond donors (Lipinski definition) is 1. The number of nitrogens with one attached hydrogen (secondary N) is 1. The molecule has 2 saturated carbocycles. The van der Waals surface area contributed by atoms with Crippen LogP contribution >= 0.6 is 0 Å². The minimum Gasteiger partial charge on any atom is -0.496 e. The van der Waals surface area contributed by atoms with Gasteiger partial charge in [0.1, 0.15) is 5.75 Å². The van der Waals surface area contributed by atoms with Gasteiger partial charge in [0.25, 0.3) is 0 Å². The van der Waals surface area contributed by atoms with E-state index in [9.17, 15) is 0 Å². The number of methoxy groups -OCH3 is 1. The van der Waals surface area contributed by atoms with Crippen LogP contribution in [0.5, 0.6) is 5.75 Å². The molecule has 1 aromatic rings. The third kappa shape index (κ3) is 2.26. The third-order valence-corrected chi connectivity index (χ3v) is 4.85. The molecule has 2 nitrogen and oxygen atoms in total. The van der Waals surface area contributed by atoms with Gasteiger partial charge < -0.3 is 10.1 Å². The molecule has 0 heterocycles. The fourth-order valence-electron chi connectivity index (χ4n) is 3.70. The maximum Gasteiger partial charge on any atom is 0.122 e. The van der Waals surface area contributed by atoms with Crippen LogP contribution in [0.4, 0.5) is 0 Å². The third-order valence-electron chi connectivity index (χ3n) is 4.85. The molecule has 0 saturated heterocycles. The first-order chi connectivity index (χ1) is 8.81. The van der Waals surface area contributed by atoms with Crippen LogP contribution in [0, 0.1) is 17.8 Å². The molecule has 3 rings (SSSR count). The predicted molar refractivity (Wildman–Crippen MR) is 73.9 cm³/mol. The van der Waals surface area contributed by atoms with Crippen molar-refractivity contribution in [3.05, 3.63) is 29.8 Å². The standard InChI is InChI=1S/C16H23NO/c1-17-15(14-8-12-7-13(12)9-14)10-11-5-3-4-6-16(11)18-2/h3-6,12-15,17H,7-10H2,1-2H3. The highest BCUT2D eigenvalue weighted by atomic mass is 16.5. The topological polar surface area (TPSA) is 21.3 Å². The first-order valence-electron chi connectivity index (χ1n) is 7.11. The molecule has 2 heteroatoms. The Kier molecular flexibility index (Phi) is 3.29. The lowest BCUT2D eigenvalue weighted by Gasteiger charge is -2.25. The van der Waals surface area contributed by atoms with Crippen LogP contribution in [0.1, 0.15) is 24.8 Å². The minimum absolute atomic E-state index is 0.606. The second-order valence-corrected chi connectivity index (χ2v) is 5.90. The van der Waals surface area contributed by atoms with Crippen LogP contribution in [-0.4, -0.2) is 20.2 Å². The molecule has 2 aliphatic rings. The Morgan fingerprint density at radius 2 is 1.94 bits per heavy atom. The molecule has 3 unspecified atom stereocenters. The van der Waals surface area contributed by atoms with Gasteiger partial charge in [0.15, 0.2) is 0 Å². The average molecular weight is 245 g/mol. The summed E-state index contributed by atoms with van der Waals surface area (Å²) >= 11 is 0. The summed E-state index contributed by atoms with van der Waals surface area (Å²) in [5, 5.41) is 3.53. The van der Waals surface area contributed by atoms with Crippen molar-refractivity contribution >= 4 is 0 Å². The van der Waals surface area contributed by atoms with Gasteiger partial charge in [-0.2, -0.15) is 0 Å². The van der Waals surface area contributed by atoms with Crippen LogP contribution in [0.3, 0.4) is 0 Å². The molecule has 0 amide bonds. The molecule has 0 radical (unpaired) electrons. The lowest BCUT2D eigenvalue weighted by atomic mass is 9.89. The van der Waals surface area contributed by atoms with Gasteiger partial charge in [-0.15, -0.1) is 0 Å². The van der Waals surface area contributed by atoms with E-state index in [-0.39, 0.29) is 0 Å². The van der Waals surface area contributed by atoms with E-state index in [1.54, 1.807) is 7.11 Å². The Hall–Kier alpha value is -1.02. The Bertz CT molecular complexity index is 407. The van der Waals surface area contributed by atoms with Gasteiger partial charge in [0.05, 0.1) is 7.11 Å². The Labute approximate surface area is 110 Å². The number of fused-ring (bicyclic) bond motifs is 1. The summed E-state index contributed by atoms with van der Waals surface area (Å²) in [5.41, 5.74) is 1.33. The van der Waals surface area contributed by atoms with Gasteiger partial charge in [0, 0.05) is 6.04 Å². The fourth-order valence-corrected chi connectivity index (χ4v) is 3.70. The average Bonchev–Trinajstić information content (AvgIpc) is 3.03. The predicted octanol–water partition coefficient (Wildman–Crippen LogP) is 2.87. The van der Waals surface area contributed by atoms with E-state index in [1.165, 1.54) is 24.8 Å². The monoisotopic (exact) mass is 245 g/mol. The van der Waals surface area contributed by atoms with Gasteiger partial charge in [-0.1, -0.05) is 18.2 Å². The first-order valence-corrected chi connectivity index (χ1v) is 7.11. The molecule has 0 bridgehead atoms. The maximum absolute atomic E-state index is 5.46. The van der Waals surface area contributed by atoms with Crippen LogP contribution in [0.15, 0.2) is 24.3 Å². The van der Waals surface area contributed by atoms with Gasteiger partial charge in [-0.3, -0.25) is 0 Å². The lowest BCUT2D eigenvalue weighted by molar-refractivity contribution is 0.342. The Balaban J connectivity index is 1.69. The second-order valence-electron chi connectivity index (χ2n) is 5.90. The summed E-state index contributed by atoms with van der Waals surface area (Å²) in [6.07, 6.45) is 5.46. The molecule has 0 aliphatic heterocycles. The SMILES string of the molecule is CNC(Cc1ccccc1OC)C1CC2CC2C1. The molecule has 0 aromatic heterocycles. The normalized spacial score (nSPS) is 30.9. The van der Waals surface area contributed by atoms with Crippen molar-refractivity contribution in [3.63, 3.8) is 0 Å². The summed E-state index contributed by atoms with van der Waals surface area (Å²) < 4.78 is 5.46. The summed E-state index contributed by atoms with van der Waals surface area (Å²) in [7, 11) is 3.86. The zero-order valence-electron chi connectivity index (χ0n) is 11.4. The van der Waals surface area contributed by atoms with Crippen molar-refractivity contribution < 1.29 is 4.74 Å². The highest BCUT2D eigenvalue weighted by molar-refractivity contribution is 5.34. The number of likely N-dealkylation sites (N-methyl/N-ethyl adjacent to an activating group) is 1. The van der Waals surface area contributed by atoms with E-state index in [2.05, 4.69) is 30.6 Å². The Morgan fingerprint density at radius 1 is 1.22 bits per heavy atom. The van der Waals surface area contributed by atoms with Gasteiger partial charge in [0.2, 0.25) is 0 Å². The number of para-hydroxylation sites is 1. The Morgan fingerprint density at radius 3 is 2.61 bits per heavy atom. The largest absolute Gasteiger partial charge is 0.496 e. The lowest BCUT2D eigenvalue weighted by Crippen LogP contribution is -2.35. The van der Waals surface area contributed by atoms with E-state index in [4.69, 9.17) is 4.74 Å². The number of ether oxygens (including phenoxy) is 1. The molecule has 2 aliphatic carbocycles. The number of rotatable bonds is 5. The molecule has 98 valence electrons. The van der Waals surface area contributed by atoms with E-state index in [0.29, 0.717) is 6.04 Å². The van der Waals surface area contributed by atoms with Crippen molar-refractivity contribution in [2.24, 2.45) is 17.8 Å². The van der Waals surface area contributed by atoms with Gasteiger partial charge >= 0.3 is 0 Å². The molecule has 3 atom stereocenters. The molecule has 18 heavy (non-hydrogen) atoms. The second kappa shape index (κ2) is 4.93. The highest BCUT2D eigenvalue weighted by Crippen LogP contribution is 2.55. The van der Waals surface area contributed by atoms with Crippen molar-refractivity contribution in [1.82, 2.24) is 5.32 Å². The highest BCUT2D eigenvalue weighted by Gasteiger charge is 2.47. The summed E-state index contributed by atoms with van der Waals surface area (Å²) in [6, 6.07) is 9.01. The molecular weight excluding hydrogens is 222 g/mol. The van der Waals surface area contributed by atoms with Gasteiger partial charge in [-0.05, 0) is 62.1 Å². The molecule has 2 fully saturated rings. The van der Waals surface area contributed by atoms with E-state index >= 15 is 0 Å². The van der Waals surface area contributed by atoms with Crippen LogP contribution in [-0.2, 0) is 6.42 Å². The molecule has 0 spiro atoms.